The van der Waals surface area contributed by atoms with E-state index in [9.17, 15) is 4.79 Å². The predicted molar refractivity (Wildman–Crippen MR) is 109 cm³/mol. The summed E-state index contributed by atoms with van der Waals surface area (Å²) in [4.78, 5) is 19.7. The Hall–Kier alpha value is -2.44. The second-order valence-corrected chi connectivity index (χ2v) is 7.63. The lowest BCUT2D eigenvalue weighted by molar-refractivity contribution is -0.132. The second-order valence-electron chi connectivity index (χ2n) is 7.63. The van der Waals surface area contributed by atoms with Crippen molar-refractivity contribution in [2.24, 2.45) is 0 Å². The van der Waals surface area contributed by atoms with Gasteiger partial charge < -0.3 is 19.7 Å². The van der Waals surface area contributed by atoms with Gasteiger partial charge in [-0.1, -0.05) is 12.1 Å². The summed E-state index contributed by atoms with van der Waals surface area (Å²) < 4.78 is 11.6. The van der Waals surface area contributed by atoms with E-state index in [1.54, 1.807) is 6.20 Å². The maximum absolute atomic E-state index is 13.4. The smallest absolute Gasteiger partial charge is 0.256 e. The Bertz CT molecular complexity index is 847. The molecule has 2 aliphatic heterocycles. The number of hydrogen-bond acceptors (Lipinski definition) is 5. The van der Waals surface area contributed by atoms with Crippen LogP contribution in [0.2, 0.25) is 0 Å². The van der Waals surface area contributed by atoms with E-state index >= 15 is 0 Å². The van der Waals surface area contributed by atoms with Crippen molar-refractivity contribution >= 4 is 23.1 Å². The zero-order chi connectivity index (χ0) is 19.5. The van der Waals surface area contributed by atoms with Crippen molar-refractivity contribution in [1.29, 1.82) is 0 Å². The number of ether oxygens (including phenoxy) is 2. The molecule has 1 aromatic heterocycles. The summed E-state index contributed by atoms with van der Waals surface area (Å²) in [7, 11) is 0. The molecule has 0 saturated carbocycles. The summed E-state index contributed by atoms with van der Waals surface area (Å²) in [6.45, 7) is 5.66. The Morgan fingerprint density at radius 3 is 3.04 bits per heavy atom. The fraction of sp³-hybridized carbons (Fsp3) is 0.455. The molecule has 1 N–H and O–H groups in total. The van der Waals surface area contributed by atoms with Gasteiger partial charge in [0.1, 0.15) is 11.9 Å². The topological polar surface area (TPSA) is 63.7 Å². The van der Waals surface area contributed by atoms with Crippen LogP contribution < -0.4 is 10.2 Å². The van der Waals surface area contributed by atoms with E-state index in [4.69, 9.17) is 9.47 Å². The van der Waals surface area contributed by atoms with Crippen molar-refractivity contribution in [2.75, 3.05) is 16.8 Å². The molecular formula is C22H27N3O3. The fourth-order valence-corrected chi connectivity index (χ4v) is 3.63. The number of pyridine rings is 1. The molecule has 2 aromatic rings. The lowest BCUT2D eigenvalue weighted by Crippen LogP contribution is -2.41. The maximum atomic E-state index is 13.4. The predicted octanol–water partition coefficient (Wildman–Crippen LogP) is 4.17. The third-order valence-corrected chi connectivity index (χ3v) is 5.13. The van der Waals surface area contributed by atoms with Crippen molar-refractivity contribution in [2.45, 2.75) is 58.5 Å². The maximum Gasteiger partial charge on any atom is 0.256 e. The lowest BCUT2D eigenvalue weighted by atomic mass is 10.1. The highest BCUT2D eigenvalue weighted by atomic mass is 16.5. The number of carbonyl (C=O) groups excluding carboxylic acids is 1. The molecule has 1 fully saturated rings. The molecule has 1 saturated heterocycles. The summed E-state index contributed by atoms with van der Waals surface area (Å²) >= 11 is 0. The largest absolute Gasteiger partial charge is 0.374 e. The summed E-state index contributed by atoms with van der Waals surface area (Å²) in [5, 5.41) is 3.40. The van der Waals surface area contributed by atoms with E-state index in [0.717, 1.165) is 47.6 Å². The molecule has 6 nitrogen and oxygen atoms in total. The molecule has 0 bridgehead atoms. The normalized spacial score (nSPS) is 18.8. The molecule has 1 unspecified atom stereocenters. The quantitative estimate of drug-likeness (QED) is 0.861. The van der Waals surface area contributed by atoms with Gasteiger partial charge in [0.05, 0.1) is 30.6 Å². The van der Waals surface area contributed by atoms with Crippen LogP contribution in [0.25, 0.3) is 0 Å². The van der Waals surface area contributed by atoms with Crippen LogP contribution in [0.3, 0.4) is 0 Å². The lowest BCUT2D eigenvalue weighted by Gasteiger charge is -2.29. The first-order valence-corrected chi connectivity index (χ1v) is 10.0. The number of hydrogen-bond donors (Lipinski definition) is 1. The minimum absolute atomic E-state index is 0.0152. The van der Waals surface area contributed by atoms with Crippen molar-refractivity contribution in [3.8, 4) is 0 Å². The summed E-state index contributed by atoms with van der Waals surface area (Å²) in [5.41, 5.74) is 3.75. The van der Waals surface area contributed by atoms with E-state index in [1.807, 2.05) is 49.1 Å². The molecule has 2 aliphatic rings. The van der Waals surface area contributed by atoms with Gasteiger partial charge in [-0.15, -0.1) is 0 Å². The molecular weight excluding hydrogens is 354 g/mol. The SMILES string of the molecule is CC(C)OCc1ccc2c(c1)N(C(=O)C1CCCCO1)Cc1cccnc1N2. The molecule has 0 spiro atoms. The van der Waals surface area contributed by atoms with Gasteiger partial charge in [-0.2, -0.15) is 0 Å². The van der Waals surface area contributed by atoms with Gasteiger partial charge in [0.15, 0.2) is 0 Å². The van der Waals surface area contributed by atoms with Crippen LogP contribution in [-0.2, 0) is 27.4 Å². The van der Waals surface area contributed by atoms with Crippen molar-refractivity contribution in [3.63, 3.8) is 0 Å². The van der Waals surface area contributed by atoms with E-state index in [0.29, 0.717) is 19.8 Å². The Morgan fingerprint density at radius 2 is 2.25 bits per heavy atom. The Morgan fingerprint density at radius 1 is 1.36 bits per heavy atom. The molecule has 28 heavy (non-hydrogen) atoms. The molecule has 1 aromatic carbocycles. The van der Waals surface area contributed by atoms with Crippen LogP contribution in [0, 0.1) is 0 Å². The number of nitrogens with one attached hydrogen (secondary N) is 1. The minimum atomic E-state index is -0.379. The van der Waals surface area contributed by atoms with Gasteiger partial charge in [-0.3, -0.25) is 4.79 Å². The summed E-state index contributed by atoms with van der Waals surface area (Å²) in [5.74, 6) is 0.802. The Kier molecular flexibility index (Phi) is 5.59. The van der Waals surface area contributed by atoms with Gasteiger partial charge in [0.2, 0.25) is 0 Å². The van der Waals surface area contributed by atoms with Crippen molar-refractivity contribution in [1.82, 2.24) is 4.98 Å². The molecule has 148 valence electrons. The van der Waals surface area contributed by atoms with Crippen LogP contribution in [0.1, 0.15) is 44.2 Å². The van der Waals surface area contributed by atoms with E-state index in [-0.39, 0.29) is 18.1 Å². The highest BCUT2D eigenvalue weighted by Gasteiger charge is 2.31. The van der Waals surface area contributed by atoms with Crippen LogP contribution in [0.15, 0.2) is 36.5 Å². The summed E-state index contributed by atoms with van der Waals surface area (Å²) in [6.07, 6.45) is 4.35. The highest BCUT2D eigenvalue weighted by Crippen LogP contribution is 2.36. The highest BCUT2D eigenvalue weighted by molar-refractivity contribution is 6.00. The average Bonchev–Trinajstić information content (AvgIpc) is 2.88. The van der Waals surface area contributed by atoms with E-state index in [1.165, 1.54) is 0 Å². The number of nitrogens with zero attached hydrogens (tertiary/aromatic N) is 2. The standard InChI is InChI=1S/C22H27N3O3/c1-15(2)28-14-16-8-9-18-19(12-16)25(22(26)20-7-3-4-11-27-20)13-17-6-5-10-23-21(17)24-18/h5-6,8-10,12,15,20H,3-4,7,11,13-14H2,1-2H3,(H,23,24). The number of anilines is 3. The number of carbonyl (C=O) groups is 1. The number of amides is 1. The zero-order valence-corrected chi connectivity index (χ0v) is 16.5. The first-order valence-electron chi connectivity index (χ1n) is 10.0. The Labute approximate surface area is 165 Å². The van der Waals surface area contributed by atoms with Crippen LogP contribution in [0.4, 0.5) is 17.2 Å². The molecule has 6 heteroatoms. The average molecular weight is 381 g/mol. The van der Waals surface area contributed by atoms with Gasteiger partial charge in [-0.25, -0.2) is 4.98 Å². The van der Waals surface area contributed by atoms with Crippen molar-refractivity contribution in [3.05, 3.63) is 47.7 Å². The monoisotopic (exact) mass is 381 g/mol. The van der Waals surface area contributed by atoms with Crippen molar-refractivity contribution < 1.29 is 14.3 Å². The van der Waals surface area contributed by atoms with Gasteiger partial charge in [0.25, 0.3) is 5.91 Å². The third-order valence-electron chi connectivity index (χ3n) is 5.13. The molecule has 1 atom stereocenters. The van der Waals surface area contributed by atoms with Gasteiger partial charge in [0, 0.05) is 18.4 Å². The number of rotatable bonds is 4. The zero-order valence-electron chi connectivity index (χ0n) is 16.5. The third kappa shape index (κ3) is 4.03. The molecule has 0 aliphatic carbocycles. The van der Waals surface area contributed by atoms with Gasteiger partial charge >= 0.3 is 0 Å². The molecule has 3 heterocycles. The summed E-state index contributed by atoms with van der Waals surface area (Å²) in [6, 6.07) is 9.98. The molecule has 1 amide bonds. The Balaban J connectivity index is 1.70. The van der Waals surface area contributed by atoms with Crippen LogP contribution in [0.5, 0.6) is 0 Å². The minimum Gasteiger partial charge on any atom is -0.374 e. The molecule has 0 radical (unpaired) electrons. The van der Waals surface area contributed by atoms with E-state index in [2.05, 4.69) is 10.3 Å². The van der Waals surface area contributed by atoms with Crippen LogP contribution >= 0.6 is 0 Å². The first-order chi connectivity index (χ1) is 13.6. The number of fused-ring (bicyclic) bond motifs is 2. The second kappa shape index (κ2) is 8.29. The van der Waals surface area contributed by atoms with Crippen LogP contribution in [-0.4, -0.2) is 29.7 Å². The van der Waals surface area contributed by atoms with Gasteiger partial charge in [-0.05, 0) is 56.9 Å². The first kappa shape index (κ1) is 18.9. The number of aromatic nitrogens is 1. The fourth-order valence-electron chi connectivity index (χ4n) is 3.63. The number of benzene rings is 1. The molecule has 4 rings (SSSR count). The van der Waals surface area contributed by atoms with E-state index < -0.39 is 0 Å².